The molecule has 1 aromatic rings. The van der Waals surface area contributed by atoms with E-state index in [0.29, 0.717) is 5.56 Å². The topological polar surface area (TPSA) is 49.3 Å². The number of aliphatic hydroxyl groups excluding tert-OH is 1. The summed E-state index contributed by atoms with van der Waals surface area (Å²) >= 11 is 0. The first-order valence-corrected chi connectivity index (χ1v) is 4.56. The van der Waals surface area contributed by atoms with Crippen LogP contribution in [0.2, 0.25) is 0 Å². The first kappa shape index (κ1) is 15.1. The maximum atomic E-state index is 10.9. The smallest absolute Gasteiger partial charge is 0.251 e. The van der Waals surface area contributed by atoms with Crippen molar-refractivity contribution in [1.29, 1.82) is 0 Å². The number of nitrogens with one attached hydrogen (secondary N) is 1. The van der Waals surface area contributed by atoms with Gasteiger partial charge in [0, 0.05) is 19.7 Å². The Kier molecular flexibility index (Phi) is 12.6. The van der Waals surface area contributed by atoms with Gasteiger partial charge in [-0.1, -0.05) is 32.0 Å². The third kappa shape index (κ3) is 6.20. The molecule has 0 saturated carbocycles. The van der Waals surface area contributed by atoms with Gasteiger partial charge in [-0.25, -0.2) is 0 Å². The minimum Gasteiger partial charge on any atom is -0.400 e. The maximum absolute atomic E-state index is 10.9. The summed E-state index contributed by atoms with van der Waals surface area (Å²) in [7, 11) is 2.62. The fraction of sp³-hybridized carbons (Fsp3) is 0.364. The summed E-state index contributed by atoms with van der Waals surface area (Å²) < 4.78 is 0. The Labute approximate surface area is 85.8 Å². The zero-order valence-corrected chi connectivity index (χ0v) is 9.24. The van der Waals surface area contributed by atoms with E-state index in [-0.39, 0.29) is 5.91 Å². The number of aliphatic hydroxyl groups is 1. The molecule has 1 aromatic carbocycles. The van der Waals surface area contributed by atoms with E-state index in [9.17, 15) is 4.79 Å². The largest absolute Gasteiger partial charge is 0.400 e. The number of rotatable bonds is 1. The van der Waals surface area contributed by atoms with E-state index in [0.717, 1.165) is 7.11 Å². The average molecular weight is 197 g/mol. The molecule has 3 heteroatoms. The highest BCUT2D eigenvalue weighted by Gasteiger charge is 1.97. The summed E-state index contributed by atoms with van der Waals surface area (Å²) in [6, 6.07) is 9.11. The Morgan fingerprint density at radius 1 is 1.14 bits per heavy atom. The molecule has 0 aliphatic heterocycles. The van der Waals surface area contributed by atoms with Gasteiger partial charge in [0.25, 0.3) is 5.91 Å². The van der Waals surface area contributed by atoms with E-state index in [2.05, 4.69) is 5.32 Å². The van der Waals surface area contributed by atoms with Crippen molar-refractivity contribution in [3.8, 4) is 0 Å². The van der Waals surface area contributed by atoms with E-state index < -0.39 is 0 Å². The summed E-state index contributed by atoms with van der Waals surface area (Å²) in [5.41, 5.74) is 0.699. The zero-order chi connectivity index (χ0) is 11.4. The van der Waals surface area contributed by atoms with Crippen molar-refractivity contribution in [3.63, 3.8) is 0 Å². The van der Waals surface area contributed by atoms with E-state index in [1.54, 1.807) is 19.2 Å². The van der Waals surface area contributed by atoms with Gasteiger partial charge in [-0.05, 0) is 12.1 Å². The van der Waals surface area contributed by atoms with Crippen LogP contribution in [-0.2, 0) is 0 Å². The lowest BCUT2D eigenvalue weighted by Crippen LogP contribution is -2.17. The van der Waals surface area contributed by atoms with Crippen molar-refractivity contribution < 1.29 is 9.90 Å². The Morgan fingerprint density at radius 3 is 1.93 bits per heavy atom. The van der Waals surface area contributed by atoms with E-state index in [4.69, 9.17) is 5.11 Å². The second-order valence-corrected chi connectivity index (χ2v) is 1.95. The van der Waals surface area contributed by atoms with Crippen LogP contribution in [0, 0.1) is 0 Å². The number of hydrogen-bond acceptors (Lipinski definition) is 2. The second kappa shape index (κ2) is 11.6. The van der Waals surface area contributed by atoms with Crippen LogP contribution in [0.3, 0.4) is 0 Å². The summed E-state index contributed by atoms with van der Waals surface area (Å²) in [6.45, 7) is 4.00. The lowest BCUT2D eigenvalue weighted by Gasteiger charge is -1.96. The van der Waals surface area contributed by atoms with Crippen molar-refractivity contribution in [1.82, 2.24) is 5.32 Å². The molecule has 0 aliphatic rings. The predicted molar refractivity (Wildman–Crippen MR) is 59.3 cm³/mol. The van der Waals surface area contributed by atoms with Crippen LogP contribution in [0.4, 0.5) is 0 Å². The monoisotopic (exact) mass is 197 g/mol. The maximum Gasteiger partial charge on any atom is 0.251 e. The lowest BCUT2D eigenvalue weighted by atomic mass is 10.2. The van der Waals surface area contributed by atoms with E-state index in [1.807, 2.05) is 32.0 Å². The minimum atomic E-state index is -0.0411. The average Bonchev–Trinajstić information content (AvgIpc) is 2.34. The molecule has 3 nitrogen and oxygen atoms in total. The molecule has 0 saturated heterocycles. The molecule has 0 aromatic heterocycles. The number of carbonyl (C=O) groups is 1. The van der Waals surface area contributed by atoms with E-state index in [1.165, 1.54) is 0 Å². The van der Waals surface area contributed by atoms with Crippen LogP contribution < -0.4 is 5.32 Å². The molecular weight excluding hydrogens is 178 g/mol. The highest BCUT2D eigenvalue weighted by atomic mass is 16.2. The molecule has 2 N–H and O–H groups in total. The van der Waals surface area contributed by atoms with Gasteiger partial charge in [-0.2, -0.15) is 0 Å². The van der Waals surface area contributed by atoms with Crippen molar-refractivity contribution in [2.24, 2.45) is 0 Å². The zero-order valence-electron chi connectivity index (χ0n) is 9.24. The molecule has 0 spiro atoms. The first-order valence-electron chi connectivity index (χ1n) is 4.56. The lowest BCUT2D eigenvalue weighted by molar-refractivity contribution is 0.0963. The molecule has 1 amide bonds. The Morgan fingerprint density at radius 2 is 1.57 bits per heavy atom. The molecule has 0 fully saturated rings. The number of hydrogen-bond donors (Lipinski definition) is 2. The quantitative estimate of drug-likeness (QED) is 0.719. The summed E-state index contributed by atoms with van der Waals surface area (Å²) in [5.74, 6) is -0.0411. The Bertz CT molecular complexity index is 222. The first-order chi connectivity index (χ1) is 6.84. The van der Waals surface area contributed by atoms with E-state index >= 15 is 0 Å². The molecule has 0 aliphatic carbocycles. The fourth-order valence-corrected chi connectivity index (χ4v) is 0.734. The van der Waals surface area contributed by atoms with Crippen molar-refractivity contribution >= 4 is 5.91 Å². The molecule has 0 bridgehead atoms. The van der Waals surface area contributed by atoms with Crippen LogP contribution in [0.5, 0.6) is 0 Å². The highest BCUT2D eigenvalue weighted by molar-refractivity contribution is 5.93. The van der Waals surface area contributed by atoms with Crippen LogP contribution >= 0.6 is 0 Å². The molecule has 0 atom stereocenters. The van der Waals surface area contributed by atoms with Crippen LogP contribution in [0.25, 0.3) is 0 Å². The van der Waals surface area contributed by atoms with Gasteiger partial charge in [0.1, 0.15) is 0 Å². The predicted octanol–water partition coefficient (Wildman–Crippen LogP) is 1.68. The molecular formula is C11H19NO2. The van der Waals surface area contributed by atoms with Gasteiger partial charge in [0.15, 0.2) is 0 Å². The molecule has 0 heterocycles. The van der Waals surface area contributed by atoms with Gasteiger partial charge in [-0.3, -0.25) is 4.79 Å². The minimum absolute atomic E-state index is 0.0411. The standard InChI is InChI=1S/C8H9NO.C2H6.CH4O/c1-9-8(10)7-5-3-2-4-6-7;2*1-2/h2-6H,1H3,(H,9,10);1-2H3;2H,1H3. The molecule has 14 heavy (non-hydrogen) atoms. The SMILES string of the molecule is CC.CNC(=O)c1ccccc1.CO. The van der Waals surface area contributed by atoms with Gasteiger partial charge in [0.2, 0.25) is 0 Å². The van der Waals surface area contributed by atoms with Gasteiger partial charge >= 0.3 is 0 Å². The number of amides is 1. The van der Waals surface area contributed by atoms with Gasteiger partial charge in [-0.15, -0.1) is 0 Å². The fourth-order valence-electron chi connectivity index (χ4n) is 0.734. The molecule has 1 rings (SSSR count). The van der Waals surface area contributed by atoms with Crippen LogP contribution in [0.1, 0.15) is 24.2 Å². The number of carbonyl (C=O) groups excluding carboxylic acids is 1. The third-order valence-electron chi connectivity index (χ3n) is 1.26. The van der Waals surface area contributed by atoms with Crippen molar-refractivity contribution in [3.05, 3.63) is 35.9 Å². The van der Waals surface area contributed by atoms with Crippen LogP contribution in [-0.4, -0.2) is 25.2 Å². The molecule has 0 unspecified atom stereocenters. The molecule has 80 valence electrons. The van der Waals surface area contributed by atoms with Gasteiger partial charge in [0.05, 0.1) is 0 Å². The van der Waals surface area contributed by atoms with Crippen molar-refractivity contribution in [2.75, 3.05) is 14.2 Å². The third-order valence-corrected chi connectivity index (χ3v) is 1.26. The van der Waals surface area contributed by atoms with Gasteiger partial charge < -0.3 is 10.4 Å². The summed E-state index contributed by atoms with van der Waals surface area (Å²) in [6.07, 6.45) is 0. The summed E-state index contributed by atoms with van der Waals surface area (Å²) in [4.78, 5) is 10.9. The number of benzene rings is 1. The normalized spacial score (nSPS) is 7.21. The summed E-state index contributed by atoms with van der Waals surface area (Å²) in [5, 5.41) is 9.54. The molecule has 0 radical (unpaired) electrons. The second-order valence-electron chi connectivity index (χ2n) is 1.95. The Hall–Kier alpha value is -1.35. The highest BCUT2D eigenvalue weighted by Crippen LogP contribution is 1.96. The Balaban J connectivity index is 0. The van der Waals surface area contributed by atoms with Crippen LogP contribution in [0.15, 0.2) is 30.3 Å². The van der Waals surface area contributed by atoms with Crippen molar-refractivity contribution in [2.45, 2.75) is 13.8 Å².